The van der Waals surface area contributed by atoms with Crippen LogP contribution < -0.4 is 0 Å². The van der Waals surface area contributed by atoms with Crippen molar-refractivity contribution < 1.29 is 19.4 Å². The van der Waals surface area contributed by atoms with Crippen molar-refractivity contribution in [1.29, 1.82) is 0 Å². The first kappa shape index (κ1) is 18.8. The molecule has 1 N–H and O–H groups in total. The molecule has 4 aliphatic rings. The van der Waals surface area contributed by atoms with Gasteiger partial charge in [-0.1, -0.05) is 25.0 Å². The summed E-state index contributed by atoms with van der Waals surface area (Å²) in [6.45, 7) is 10.6. The molecule has 27 heavy (non-hydrogen) atoms. The second-order valence-corrected chi connectivity index (χ2v) is 8.42. The maximum absolute atomic E-state index is 13.0. The normalized spacial score (nSPS) is 33.5. The minimum absolute atomic E-state index is 0.0849. The van der Waals surface area contributed by atoms with Gasteiger partial charge in [-0.2, -0.15) is 0 Å². The highest BCUT2D eigenvalue weighted by Gasteiger charge is 2.65. The second-order valence-electron chi connectivity index (χ2n) is 8.42. The van der Waals surface area contributed by atoms with Gasteiger partial charge in [-0.3, -0.25) is 14.5 Å². The van der Waals surface area contributed by atoms with Crippen LogP contribution in [0.5, 0.6) is 0 Å². The number of amides is 2. The van der Waals surface area contributed by atoms with Gasteiger partial charge in [-0.05, 0) is 50.9 Å². The Bertz CT molecular complexity index is 688. The Morgan fingerprint density at radius 1 is 1.04 bits per heavy atom. The number of fused-ring (bicyclic) bond motifs is 7. The lowest BCUT2D eigenvalue weighted by atomic mass is 9.71. The molecular formula is C21H30N2O4. The highest BCUT2D eigenvalue weighted by molar-refractivity contribution is 6.07. The molecule has 2 bridgehead atoms. The van der Waals surface area contributed by atoms with Crippen LogP contribution in [-0.4, -0.2) is 71.2 Å². The number of aliphatic hydroxyl groups excluding tert-OH is 1. The topological polar surface area (TPSA) is 70.1 Å². The van der Waals surface area contributed by atoms with Crippen LogP contribution in [0.1, 0.15) is 40.5 Å². The number of likely N-dealkylation sites (tertiary alicyclic amines) is 1. The summed E-state index contributed by atoms with van der Waals surface area (Å²) in [6.07, 6.45) is 0.498. The number of likely N-dealkylation sites (N-methyl/N-ethyl adjacent to an activating group) is 1. The first-order valence-corrected chi connectivity index (χ1v) is 10.1. The van der Waals surface area contributed by atoms with Gasteiger partial charge in [0.25, 0.3) is 0 Å². The van der Waals surface area contributed by atoms with E-state index in [1.54, 1.807) is 0 Å². The van der Waals surface area contributed by atoms with E-state index in [4.69, 9.17) is 4.74 Å². The van der Waals surface area contributed by atoms with Gasteiger partial charge in [0.1, 0.15) is 0 Å². The zero-order valence-corrected chi connectivity index (χ0v) is 16.7. The smallest absolute Gasteiger partial charge is 0.236 e. The molecule has 0 radical (unpaired) electrons. The first-order chi connectivity index (χ1) is 12.9. The Labute approximate surface area is 160 Å². The van der Waals surface area contributed by atoms with Crippen LogP contribution in [0.15, 0.2) is 22.3 Å². The van der Waals surface area contributed by atoms with E-state index in [1.807, 2.05) is 13.8 Å². The molecule has 0 saturated carbocycles. The fourth-order valence-electron chi connectivity index (χ4n) is 5.23. The Morgan fingerprint density at radius 2 is 1.52 bits per heavy atom. The second kappa shape index (κ2) is 6.83. The highest BCUT2D eigenvalue weighted by atomic mass is 16.5. The Hall–Kier alpha value is -1.50. The molecule has 5 atom stereocenters. The summed E-state index contributed by atoms with van der Waals surface area (Å²) in [5.74, 6) is -1.11. The summed E-state index contributed by atoms with van der Waals surface area (Å²) in [6, 6.07) is 0. The van der Waals surface area contributed by atoms with Crippen molar-refractivity contribution in [3.8, 4) is 0 Å². The largest absolute Gasteiger partial charge is 0.390 e. The van der Waals surface area contributed by atoms with Crippen LogP contribution in [0.2, 0.25) is 0 Å². The van der Waals surface area contributed by atoms with Crippen LogP contribution in [-0.2, 0) is 14.3 Å². The Kier molecular flexibility index (Phi) is 4.77. The molecular weight excluding hydrogens is 344 g/mol. The first-order valence-electron chi connectivity index (χ1n) is 10.1. The molecule has 2 amide bonds. The standard InChI is InChI=1S/C21H30N2O4/c1-5-22(6-2)9-13(24)10-23-20(25)16-17(21(23)26)19-15-8-12(4)11(3)7-14(15)18(16)27-19/h13,16-19,24H,5-10H2,1-4H3. The lowest BCUT2D eigenvalue weighted by Crippen LogP contribution is -2.44. The zero-order valence-electron chi connectivity index (χ0n) is 16.7. The van der Waals surface area contributed by atoms with Crippen molar-refractivity contribution in [1.82, 2.24) is 9.80 Å². The number of hydrogen-bond acceptors (Lipinski definition) is 5. The molecule has 0 aromatic carbocycles. The van der Waals surface area contributed by atoms with E-state index >= 15 is 0 Å². The summed E-state index contributed by atoms with van der Waals surface area (Å²) in [7, 11) is 0. The van der Waals surface area contributed by atoms with Crippen molar-refractivity contribution in [3.63, 3.8) is 0 Å². The fourth-order valence-corrected chi connectivity index (χ4v) is 5.23. The van der Waals surface area contributed by atoms with E-state index in [-0.39, 0.29) is 30.6 Å². The number of hydrogen-bond donors (Lipinski definition) is 1. The van der Waals surface area contributed by atoms with Gasteiger partial charge in [0.15, 0.2) is 0 Å². The summed E-state index contributed by atoms with van der Waals surface area (Å²) < 4.78 is 6.14. The predicted molar refractivity (Wildman–Crippen MR) is 101 cm³/mol. The molecule has 3 heterocycles. The molecule has 0 aromatic heterocycles. The maximum Gasteiger partial charge on any atom is 0.236 e. The number of aliphatic hydroxyl groups is 1. The van der Waals surface area contributed by atoms with Gasteiger partial charge in [0.2, 0.25) is 11.8 Å². The molecule has 5 unspecified atom stereocenters. The van der Waals surface area contributed by atoms with E-state index in [0.29, 0.717) is 6.54 Å². The molecule has 6 heteroatoms. The molecule has 2 fully saturated rings. The van der Waals surface area contributed by atoms with Crippen LogP contribution in [0.4, 0.5) is 0 Å². The van der Waals surface area contributed by atoms with Crippen LogP contribution in [0, 0.1) is 11.8 Å². The summed E-state index contributed by atoms with van der Waals surface area (Å²) >= 11 is 0. The van der Waals surface area contributed by atoms with E-state index < -0.39 is 17.9 Å². The van der Waals surface area contributed by atoms with Crippen LogP contribution >= 0.6 is 0 Å². The number of nitrogens with zero attached hydrogens (tertiary/aromatic N) is 2. The van der Waals surface area contributed by atoms with Crippen molar-refractivity contribution in [3.05, 3.63) is 22.3 Å². The van der Waals surface area contributed by atoms with Gasteiger partial charge in [-0.25, -0.2) is 0 Å². The Balaban J connectivity index is 1.50. The monoisotopic (exact) mass is 374 g/mol. The zero-order chi connectivity index (χ0) is 19.5. The van der Waals surface area contributed by atoms with E-state index in [0.717, 1.165) is 25.9 Å². The molecule has 4 rings (SSSR count). The number of β-amino-alcohol motifs (C(OH)–C–C–N with tert-alkyl or cyclic N) is 1. The van der Waals surface area contributed by atoms with Crippen molar-refractivity contribution in [2.75, 3.05) is 26.2 Å². The molecule has 6 nitrogen and oxygen atoms in total. The number of allylic oxidation sites excluding steroid dienone is 2. The molecule has 0 aromatic rings. The van der Waals surface area contributed by atoms with Gasteiger partial charge < -0.3 is 14.7 Å². The number of carbonyl (C=O) groups is 2. The van der Waals surface area contributed by atoms with Crippen molar-refractivity contribution >= 4 is 11.8 Å². The van der Waals surface area contributed by atoms with Crippen molar-refractivity contribution in [2.24, 2.45) is 11.8 Å². The lowest BCUT2D eigenvalue weighted by molar-refractivity contribution is -0.144. The average Bonchev–Trinajstić information content (AvgIpc) is 3.26. The van der Waals surface area contributed by atoms with Gasteiger partial charge in [0.05, 0.1) is 36.7 Å². The summed E-state index contributed by atoms with van der Waals surface area (Å²) in [5.41, 5.74) is 5.17. The highest BCUT2D eigenvalue weighted by Crippen LogP contribution is 2.55. The summed E-state index contributed by atoms with van der Waals surface area (Å²) in [4.78, 5) is 29.5. The maximum atomic E-state index is 13.0. The van der Waals surface area contributed by atoms with Gasteiger partial charge in [0, 0.05) is 6.54 Å². The van der Waals surface area contributed by atoms with Crippen LogP contribution in [0.25, 0.3) is 0 Å². The predicted octanol–water partition coefficient (Wildman–Crippen LogP) is 1.50. The van der Waals surface area contributed by atoms with Crippen LogP contribution in [0.3, 0.4) is 0 Å². The van der Waals surface area contributed by atoms with E-state index in [2.05, 4.69) is 18.7 Å². The number of carbonyl (C=O) groups excluding carboxylic acids is 2. The minimum Gasteiger partial charge on any atom is -0.390 e. The molecule has 2 saturated heterocycles. The molecule has 0 spiro atoms. The minimum atomic E-state index is -0.719. The van der Waals surface area contributed by atoms with E-state index in [1.165, 1.54) is 27.2 Å². The fraction of sp³-hybridized carbons (Fsp3) is 0.714. The number of imide groups is 1. The van der Waals surface area contributed by atoms with E-state index in [9.17, 15) is 14.7 Å². The molecule has 3 aliphatic heterocycles. The number of ether oxygens (including phenoxy) is 1. The van der Waals surface area contributed by atoms with Crippen molar-refractivity contribution in [2.45, 2.75) is 58.8 Å². The quantitative estimate of drug-likeness (QED) is 0.564. The van der Waals surface area contributed by atoms with Gasteiger partial charge in [-0.15, -0.1) is 0 Å². The SMILES string of the molecule is CCN(CC)CC(O)CN1C(=O)C2C3OC(C4=C3CC(C)=C(C)C4)C2C1=O. The number of rotatable bonds is 6. The third kappa shape index (κ3) is 2.80. The van der Waals surface area contributed by atoms with Gasteiger partial charge >= 0.3 is 0 Å². The third-order valence-electron chi connectivity index (χ3n) is 6.93. The lowest BCUT2D eigenvalue weighted by Gasteiger charge is -2.28. The summed E-state index contributed by atoms with van der Waals surface area (Å²) in [5, 5.41) is 10.4. The molecule has 1 aliphatic carbocycles. The Morgan fingerprint density at radius 3 is 1.96 bits per heavy atom. The third-order valence-corrected chi connectivity index (χ3v) is 6.93. The molecule has 148 valence electrons. The average molecular weight is 374 g/mol.